The highest BCUT2D eigenvalue weighted by molar-refractivity contribution is 5.94. The van der Waals surface area contributed by atoms with Gasteiger partial charge in [-0.05, 0) is 49.2 Å². The van der Waals surface area contributed by atoms with Crippen LogP contribution in [0.4, 0.5) is 0 Å². The fourth-order valence-electron chi connectivity index (χ4n) is 3.57. The number of nitrogens with one attached hydrogen (secondary N) is 1. The highest BCUT2D eigenvalue weighted by Gasteiger charge is 2.28. The van der Waals surface area contributed by atoms with E-state index in [0.717, 1.165) is 25.7 Å². The number of aromatic nitrogens is 3. The van der Waals surface area contributed by atoms with E-state index in [1.165, 1.54) is 0 Å². The number of nitrogens with zero attached hydrogens (tertiary/aromatic N) is 3. The predicted octanol–water partition coefficient (Wildman–Crippen LogP) is 3.98. The largest absolute Gasteiger partial charge is 0.457 e. The summed E-state index contributed by atoms with van der Waals surface area (Å²) >= 11 is 0. The van der Waals surface area contributed by atoms with Crippen molar-refractivity contribution in [3.05, 3.63) is 72.8 Å². The summed E-state index contributed by atoms with van der Waals surface area (Å²) in [5.41, 5.74) is 0.589. The van der Waals surface area contributed by atoms with E-state index >= 15 is 0 Å². The lowest BCUT2D eigenvalue weighted by molar-refractivity contribution is 0.0905. The number of rotatable bonds is 5. The van der Waals surface area contributed by atoms with E-state index in [1.807, 2.05) is 29.1 Å². The number of hydrogen-bond donors (Lipinski definition) is 1. The van der Waals surface area contributed by atoms with Gasteiger partial charge in [0, 0.05) is 30.4 Å². The smallest absolute Gasteiger partial charge is 0.251 e. The fourth-order valence-corrected chi connectivity index (χ4v) is 3.57. The molecule has 3 aromatic rings. The molecular formula is C21H22N4O2. The van der Waals surface area contributed by atoms with Gasteiger partial charge in [0.05, 0.1) is 12.1 Å². The molecule has 1 fully saturated rings. The molecule has 6 nitrogen and oxygen atoms in total. The van der Waals surface area contributed by atoms with Crippen molar-refractivity contribution in [3.63, 3.8) is 0 Å². The molecule has 0 saturated heterocycles. The van der Waals surface area contributed by atoms with E-state index < -0.39 is 0 Å². The highest BCUT2D eigenvalue weighted by atomic mass is 16.5. The summed E-state index contributed by atoms with van der Waals surface area (Å²) in [5, 5.41) is 7.57. The van der Waals surface area contributed by atoms with Crippen LogP contribution in [0.1, 0.15) is 42.1 Å². The molecule has 2 heterocycles. The molecule has 0 spiro atoms. The Labute approximate surface area is 158 Å². The second kappa shape index (κ2) is 8.03. The monoisotopic (exact) mass is 362 g/mol. The molecule has 6 heteroatoms. The average Bonchev–Trinajstić information content (AvgIpc) is 3.24. The van der Waals surface area contributed by atoms with Gasteiger partial charge in [-0.15, -0.1) is 0 Å². The Hall–Kier alpha value is -3.15. The molecule has 1 saturated carbocycles. The van der Waals surface area contributed by atoms with E-state index in [4.69, 9.17) is 4.74 Å². The molecule has 1 amide bonds. The second-order valence-electron chi connectivity index (χ2n) is 6.73. The molecule has 1 N–H and O–H groups in total. The van der Waals surface area contributed by atoms with Crippen molar-refractivity contribution in [2.75, 3.05) is 0 Å². The number of benzene rings is 1. The minimum atomic E-state index is -0.0840. The molecule has 0 bridgehead atoms. The molecule has 0 radical (unpaired) electrons. The molecular weight excluding hydrogens is 340 g/mol. The van der Waals surface area contributed by atoms with Gasteiger partial charge in [-0.25, -0.2) is 0 Å². The van der Waals surface area contributed by atoms with Crippen molar-refractivity contribution >= 4 is 5.91 Å². The molecule has 1 aliphatic rings. The Morgan fingerprint density at radius 2 is 1.89 bits per heavy atom. The zero-order valence-corrected chi connectivity index (χ0v) is 15.0. The Bertz CT molecular complexity index is 880. The first-order valence-corrected chi connectivity index (χ1v) is 9.27. The van der Waals surface area contributed by atoms with Crippen LogP contribution in [0.15, 0.2) is 67.3 Å². The van der Waals surface area contributed by atoms with Crippen LogP contribution >= 0.6 is 0 Å². The van der Waals surface area contributed by atoms with Gasteiger partial charge in [-0.2, -0.15) is 5.10 Å². The van der Waals surface area contributed by atoms with Crippen LogP contribution in [0.5, 0.6) is 11.5 Å². The molecule has 1 aliphatic carbocycles. The lowest BCUT2D eigenvalue weighted by Gasteiger charge is -2.32. The maximum Gasteiger partial charge on any atom is 0.251 e. The lowest BCUT2D eigenvalue weighted by atomic mass is 9.90. The maximum atomic E-state index is 12.8. The van der Waals surface area contributed by atoms with Crippen LogP contribution in [0.3, 0.4) is 0 Å². The lowest BCUT2D eigenvalue weighted by Crippen LogP contribution is -2.43. The van der Waals surface area contributed by atoms with Gasteiger partial charge in [0.2, 0.25) is 0 Å². The minimum Gasteiger partial charge on any atom is -0.457 e. The molecule has 27 heavy (non-hydrogen) atoms. The quantitative estimate of drug-likeness (QED) is 0.745. The molecule has 0 unspecified atom stereocenters. The first-order valence-electron chi connectivity index (χ1n) is 9.27. The third-order valence-electron chi connectivity index (χ3n) is 4.89. The zero-order valence-electron chi connectivity index (χ0n) is 15.0. The molecule has 0 aliphatic heterocycles. The van der Waals surface area contributed by atoms with E-state index in [9.17, 15) is 4.79 Å². The average molecular weight is 362 g/mol. The third-order valence-corrected chi connectivity index (χ3v) is 4.89. The molecule has 2 aromatic heterocycles. The summed E-state index contributed by atoms with van der Waals surface area (Å²) in [5.74, 6) is 1.23. The van der Waals surface area contributed by atoms with Crippen molar-refractivity contribution in [2.45, 2.75) is 37.8 Å². The van der Waals surface area contributed by atoms with Crippen LogP contribution in [0.25, 0.3) is 0 Å². The van der Waals surface area contributed by atoms with Gasteiger partial charge in [-0.3, -0.25) is 14.5 Å². The fraction of sp³-hybridized carbons (Fsp3) is 0.286. The Balaban J connectivity index is 1.47. The molecule has 2 atom stereocenters. The third kappa shape index (κ3) is 4.16. The topological polar surface area (TPSA) is 69.0 Å². The second-order valence-corrected chi connectivity index (χ2v) is 6.73. The number of carbonyl (C=O) groups excluding carboxylic acids is 1. The van der Waals surface area contributed by atoms with Crippen molar-refractivity contribution in [1.29, 1.82) is 0 Å². The number of pyridine rings is 1. The standard InChI is InChI=1S/C21H22N4O2/c26-21(24-19-7-1-2-8-20(19)25-14-4-11-23-25)16-5-3-6-18(15-16)27-17-9-12-22-13-10-17/h3-6,9-15,19-20H,1-2,7-8H2,(H,24,26)/t19-,20+/m1/s1. The predicted molar refractivity (Wildman–Crippen MR) is 102 cm³/mol. The first kappa shape index (κ1) is 17.3. The van der Waals surface area contributed by atoms with Gasteiger partial charge in [0.1, 0.15) is 11.5 Å². The molecule has 138 valence electrons. The summed E-state index contributed by atoms with van der Waals surface area (Å²) < 4.78 is 7.77. The summed E-state index contributed by atoms with van der Waals surface area (Å²) in [6, 6.07) is 13.0. The van der Waals surface area contributed by atoms with Gasteiger partial charge in [0.15, 0.2) is 0 Å². The zero-order chi connectivity index (χ0) is 18.5. The van der Waals surface area contributed by atoms with Crippen LogP contribution in [0.2, 0.25) is 0 Å². The Morgan fingerprint density at radius 1 is 1.04 bits per heavy atom. The Morgan fingerprint density at radius 3 is 2.70 bits per heavy atom. The number of amides is 1. The van der Waals surface area contributed by atoms with E-state index in [-0.39, 0.29) is 18.0 Å². The SMILES string of the molecule is O=C(N[C@@H]1CCCC[C@@H]1n1cccn1)c1cccc(Oc2ccncc2)c1. The molecule has 4 rings (SSSR count). The number of ether oxygens (including phenoxy) is 1. The summed E-state index contributed by atoms with van der Waals surface area (Å²) in [4.78, 5) is 16.8. The van der Waals surface area contributed by atoms with Crippen molar-refractivity contribution in [1.82, 2.24) is 20.1 Å². The van der Waals surface area contributed by atoms with Gasteiger partial charge >= 0.3 is 0 Å². The summed E-state index contributed by atoms with van der Waals surface area (Å²) in [7, 11) is 0. The van der Waals surface area contributed by atoms with Crippen LogP contribution in [-0.4, -0.2) is 26.7 Å². The normalized spacial score (nSPS) is 19.4. The van der Waals surface area contributed by atoms with Gasteiger partial charge in [0.25, 0.3) is 5.91 Å². The van der Waals surface area contributed by atoms with E-state index in [0.29, 0.717) is 17.1 Å². The number of carbonyl (C=O) groups is 1. The summed E-state index contributed by atoms with van der Waals surface area (Å²) in [6.07, 6.45) is 11.4. The molecule has 1 aromatic carbocycles. The van der Waals surface area contributed by atoms with Gasteiger partial charge in [-0.1, -0.05) is 18.9 Å². The van der Waals surface area contributed by atoms with Crippen molar-refractivity contribution in [3.8, 4) is 11.5 Å². The summed E-state index contributed by atoms with van der Waals surface area (Å²) in [6.45, 7) is 0. The Kier molecular flexibility index (Phi) is 5.14. The highest BCUT2D eigenvalue weighted by Crippen LogP contribution is 2.28. The van der Waals surface area contributed by atoms with Crippen LogP contribution < -0.4 is 10.1 Å². The van der Waals surface area contributed by atoms with Crippen LogP contribution in [-0.2, 0) is 0 Å². The first-order chi connectivity index (χ1) is 13.3. The van der Waals surface area contributed by atoms with Crippen LogP contribution in [0, 0.1) is 0 Å². The van der Waals surface area contributed by atoms with Crippen molar-refractivity contribution in [2.24, 2.45) is 0 Å². The van der Waals surface area contributed by atoms with E-state index in [1.54, 1.807) is 42.9 Å². The maximum absolute atomic E-state index is 12.8. The van der Waals surface area contributed by atoms with Gasteiger partial charge < -0.3 is 10.1 Å². The number of hydrogen-bond acceptors (Lipinski definition) is 4. The van der Waals surface area contributed by atoms with Crippen molar-refractivity contribution < 1.29 is 9.53 Å². The minimum absolute atomic E-state index is 0.0796. The van der Waals surface area contributed by atoms with E-state index in [2.05, 4.69) is 15.4 Å².